The van der Waals surface area contributed by atoms with Crippen LogP contribution in [0.2, 0.25) is 0 Å². The monoisotopic (exact) mass is 255 g/mol. The fraction of sp³-hybridized carbons (Fsp3) is 0.455. The van der Waals surface area contributed by atoms with Gasteiger partial charge < -0.3 is 11.1 Å². The van der Waals surface area contributed by atoms with Gasteiger partial charge in [-0.25, -0.2) is 0 Å². The molecule has 1 aromatic heterocycles. The Labute approximate surface area is 103 Å². The van der Waals surface area contributed by atoms with Crippen molar-refractivity contribution in [1.29, 1.82) is 0 Å². The summed E-state index contributed by atoms with van der Waals surface area (Å²) in [5.41, 5.74) is 7.31. The van der Waals surface area contributed by atoms with Crippen molar-refractivity contribution < 1.29 is 9.00 Å². The number of aromatic nitrogens is 1. The second kappa shape index (κ2) is 6.34. The molecule has 3 N–H and O–H groups in total. The van der Waals surface area contributed by atoms with Gasteiger partial charge in [-0.05, 0) is 19.4 Å². The van der Waals surface area contributed by atoms with Crippen molar-refractivity contribution in [1.82, 2.24) is 10.3 Å². The summed E-state index contributed by atoms with van der Waals surface area (Å²) >= 11 is 0. The fourth-order valence-corrected chi connectivity index (χ4v) is 1.89. The first-order valence-corrected chi connectivity index (χ1v) is 7.03. The van der Waals surface area contributed by atoms with Gasteiger partial charge in [0.15, 0.2) is 0 Å². The maximum absolute atomic E-state index is 11.7. The summed E-state index contributed by atoms with van der Waals surface area (Å²) in [6, 6.07) is 1.66. The molecule has 1 amide bonds. The number of nitrogens with zero attached hydrogens (tertiary/aromatic N) is 1. The molecule has 1 rings (SSSR count). The van der Waals surface area contributed by atoms with Crippen LogP contribution in [0.5, 0.6) is 0 Å². The number of rotatable bonds is 5. The van der Waals surface area contributed by atoms with Crippen molar-refractivity contribution in [3.05, 3.63) is 23.5 Å². The Balaban J connectivity index is 2.50. The van der Waals surface area contributed by atoms with E-state index in [4.69, 9.17) is 5.73 Å². The van der Waals surface area contributed by atoms with Crippen LogP contribution in [0.25, 0.3) is 0 Å². The molecule has 0 aliphatic heterocycles. The SMILES string of the molecule is Cc1cc(N)c(C(=O)NCCCS(C)=O)cn1. The molecule has 1 aromatic rings. The Bertz CT molecular complexity index is 435. The van der Waals surface area contributed by atoms with Gasteiger partial charge in [0, 0.05) is 46.9 Å². The minimum atomic E-state index is -0.821. The number of nitrogens with one attached hydrogen (secondary N) is 1. The second-order valence-corrected chi connectivity index (χ2v) is 5.35. The van der Waals surface area contributed by atoms with Gasteiger partial charge in [0.25, 0.3) is 5.91 Å². The lowest BCUT2D eigenvalue weighted by Crippen LogP contribution is -2.26. The fourth-order valence-electron chi connectivity index (χ4n) is 1.34. The van der Waals surface area contributed by atoms with E-state index in [-0.39, 0.29) is 5.91 Å². The van der Waals surface area contributed by atoms with E-state index in [2.05, 4.69) is 10.3 Å². The molecule has 0 saturated heterocycles. The van der Waals surface area contributed by atoms with E-state index < -0.39 is 10.8 Å². The normalized spacial score (nSPS) is 12.1. The van der Waals surface area contributed by atoms with Crippen LogP contribution < -0.4 is 11.1 Å². The molecule has 0 spiro atoms. The lowest BCUT2D eigenvalue weighted by molar-refractivity contribution is 0.0954. The molecule has 1 unspecified atom stereocenters. The van der Waals surface area contributed by atoms with Crippen LogP contribution in [0.15, 0.2) is 12.3 Å². The average molecular weight is 255 g/mol. The smallest absolute Gasteiger partial charge is 0.254 e. The molecule has 0 bridgehead atoms. The van der Waals surface area contributed by atoms with E-state index in [0.717, 1.165) is 5.69 Å². The number of anilines is 1. The zero-order valence-corrected chi connectivity index (χ0v) is 10.8. The first-order chi connectivity index (χ1) is 8.00. The van der Waals surface area contributed by atoms with E-state index in [1.807, 2.05) is 6.92 Å². The Morgan fingerprint density at radius 2 is 2.29 bits per heavy atom. The summed E-state index contributed by atoms with van der Waals surface area (Å²) in [6.45, 7) is 2.31. The zero-order chi connectivity index (χ0) is 12.8. The molecular formula is C11H17N3O2S. The van der Waals surface area contributed by atoms with Gasteiger partial charge in [-0.2, -0.15) is 0 Å². The quantitative estimate of drug-likeness (QED) is 0.749. The third-order valence-electron chi connectivity index (χ3n) is 2.21. The van der Waals surface area contributed by atoms with Gasteiger partial charge in [-0.15, -0.1) is 0 Å². The predicted molar refractivity (Wildman–Crippen MR) is 69.3 cm³/mol. The molecule has 0 fully saturated rings. The molecule has 6 heteroatoms. The number of hydrogen-bond donors (Lipinski definition) is 2. The molecule has 0 aromatic carbocycles. The van der Waals surface area contributed by atoms with E-state index >= 15 is 0 Å². The standard InChI is InChI=1S/C11H17N3O2S/c1-8-6-10(12)9(7-14-8)11(15)13-4-3-5-17(2)16/h6-7H,3-5H2,1-2H3,(H2,12,14)(H,13,15). The number of aryl methyl sites for hydroxylation is 1. The van der Waals surface area contributed by atoms with Crippen LogP contribution in [0.4, 0.5) is 5.69 Å². The predicted octanol–water partition coefficient (Wildman–Crippen LogP) is 0.471. The summed E-state index contributed by atoms with van der Waals surface area (Å²) in [4.78, 5) is 15.7. The Kier molecular flexibility index (Phi) is 5.09. The number of nitrogen functional groups attached to an aromatic ring is 1. The molecule has 0 radical (unpaired) electrons. The Hall–Kier alpha value is -1.43. The first-order valence-electron chi connectivity index (χ1n) is 5.31. The van der Waals surface area contributed by atoms with Crippen molar-refractivity contribution in [2.24, 2.45) is 0 Å². The van der Waals surface area contributed by atoms with Crippen LogP contribution in [-0.4, -0.2) is 33.7 Å². The summed E-state index contributed by atoms with van der Waals surface area (Å²) in [5.74, 6) is 0.346. The first kappa shape index (κ1) is 13.6. The van der Waals surface area contributed by atoms with Crippen LogP contribution in [0.3, 0.4) is 0 Å². The van der Waals surface area contributed by atoms with Crippen molar-refractivity contribution in [2.45, 2.75) is 13.3 Å². The van der Waals surface area contributed by atoms with Crippen LogP contribution in [-0.2, 0) is 10.8 Å². The third kappa shape index (κ3) is 4.52. The number of amides is 1. The average Bonchev–Trinajstić information content (AvgIpc) is 2.23. The zero-order valence-electron chi connectivity index (χ0n) is 10.0. The number of carbonyl (C=O) groups excluding carboxylic acids is 1. The molecule has 17 heavy (non-hydrogen) atoms. The highest BCUT2D eigenvalue weighted by Crippen LogP contribution is 2.10. The lowest BCUT2D eigenvalue weighted by Gasteiger charge is -2.07. The maximum Gasteiger partial charge on any atom is 0.254 e. The largest absolute Gasteiger partial charge is 0.398 e. The van der Waals surface area contributed by atoms with Gasteiger partial charge in [0.05, 0.1) is 5.56 Å². The Morgan fingerprint density at radius 1 is 1.59 bits per heavy atom. The van der Waals surface area contributed by atoms with Gasteiger partial charge in [0.1, 0.15) is 0 Å². The minimum absolute atomic E-state index is 0.239. The number of nitrogens with two attached hydrogens (primary N) is 1. The number of pyridine rings is 1. The van der Waals surface area contributed by atoms with E-state index in [1.165, 1.54) is 6.20 Å². The maximum atomic E-state index is 11.7. The second-order valence-electron chi connectivity index (χ2n) is 3.80. The molecule has 0 saturated carbocycles. The summed E-state index contributed by atoms with van der Waals surface area (Å²) in [6.07, 6.45) is 3.80. The molecule has 1 atom stereocenters. The van der Waals surface area contributed by atoms with Crippen LogP contribution in [0.1, 0.15) is 22.5 Å². The highest BCUT2D eigenvalue weighted by molar-refractivity contribution is 7.84. The highest BCUT2D eigenvalue weighted by atomic mass is 32.2. The highest BCUT2D eigenvalue weighted by Gasteiger charge is 2.09. The minimum Gasteiger partial charge on any atom is -0.398 e. The van der Waals surface area contributed by atoms with Crippen molar-refractivity contribution in [3.63, 3.8) is 0 Å². The molecule has 94 valence electrons. The molecule has 5 nitrogen and oxygen atoms in total. The van der Waals surface area contributed by atoms with Gasteiger partial charge in [0.2, 0.25) is 0 Å². The summed E-state index contributed by atoms with van der Waals surface area (Å²) < 4.78 is 10.8. The van der Waals surface area contributed by atoms with Crippen LogP contribution >= 0.6 is 0 Å². The molecule has 0 aliphatic rings. The Morgan fingerprint density at radius 3 is 2.88 bits per heavy atom. The molecule has 1 heterocycles. The lowest BCUT2D eigenvalue weighted by atomic mass is 10.2. The van der Waals surface area contributed by atoms with Crippen molar-refractivity contribution in [3.8, 4) is 0 Å². The van der Waals surface area contributed by atoms with Gasteiger partial charge in [-0.1, -0.05) is 0 Å². The van der Waals surface area contributed by atoms with Crippen molar-refractivity contribution >= 4 is 22.4 Å². The van der Waals surface area contributed by atoms with E-state index in [0.29, 0.717) is 30.0 Å². The molecular weight excluding hydrogens is 238 g/mol. The topological polar surface area (TPSA) is 85.1 Å². The number of carbonyl (C=O) groups is 1. The molecule has 0 aliphatic carbocycles. The van der Waals surface area contributed by atoms with Gasteiger partial charge >= 0.3 is 0 Å². The van der Waals surface area contributed by atoms with Crippen LogP contribution in [0, 0.1) is 6.92 Å². The number of hydrogen-bond acceptors (Lipinski definition) is 4. The van der Waals surface area contributed by atoms with E-state index in [9.17, 15) is 9.00 Å². The van der Waals surface area contributed by atoms with Gasteiger partial charge in [-0.3, -0.25) is 14.0 Å². The van der Waals surface area contributed by atoms with Crippen molar-refractivity contribution in [2.75, 3.05) is 24.3 Å². The van der Waals surface area contributed by atoms with E-state index in [1.54, 1.807) is 12.3 Å². The summed E-state index contributed by atoms with van der Waals surface area (Å²) in [5, 5.41) is 2.72. The third-order valence-corrected chi connectivity index (χ3v) is 3.08. The summed E-state index contributed by atoms with van der Waals surface area (Å²) in [7, 11) is -0.821.